The van der Waals surface area contributed by atoms with Crippen LogP contribution in [0, 0.1) is 16.7 Å². The minimum Gasteiger partial charge on any atom is -0.378 e. The first-order chi connectivity index (χ1) is 8.17. The van der Waals surface area contributed by atoms with Crippen LogP contribution >= 0.6 is 10.7 Å². The van der Waals surface area contributed by atoms with E-state index in [1.165, 1.54) is 12.8 Å². The third-order valence-electron chi connectivity index (χ3n) is 5.57. The lowest BCUT2D eigenvalue weighted by Crippen LogP contribution is -2.37. The molecule has 0 aromatic heterocycles. The molecule has 0 amide bonds. The Morgan fingerprint density at radius 1 is 1.33 bits per heavy atom. The van der Waals surface area contributed by atoms with Crippen molar-refractivity contribution in [3.8, 4) is 0 Å². The number of hydrogen-bond acceptors (Lipinski definition) is 3. The number of ether oxygens (including phenoxy) is 1. The summed E-state index contributed by atoms with van der Waals surface area (Å²) in [6.07, 6.45) is 4.42. The average molecular weight is 295 g/mol. The molecule has 2 aliphatic rings. The van der Waals surface area contributed by atoms with Crippen molar-refractivity contribution in [3.05, 3.63) is 0 Å². The third-order valence-corrected chi connectivity index (χ3v) is 6.80. The van der Waals surface area contributed by atoms with Crippen molar-refractivity contribution in [1.29, 1.82) is 0 Å². The van der Waals surface area contributed by atoms with Crippen molar-refractivity contribution >= 4 is 19.7 Å². The van der Waals surface area contributed by atoms with E-state index in [0.29, 0.717) is 18.4 Å². The predicted octanol–water partition coefficient (Wildman–Crippen LogP) is 3.18. The summed E-state index contributed by atoms with van der Waals surface area (Å²) in [4.78, 5) is 0. The topological polar surface area (TPSA) is 43.4 Å². The van der Waals surface area contributed by atoms with E-state index >= 15 is 0 Å². The summed E-state index contributed by atoms with van der Waals surface area (Å²) < 4.78 is 27.6. The molecule has 0 aromatic rings. The molecule has 18 heavy (non-hydrogen) atoms. The zero-order chi connectivity index (χ0) is 13.6. The van der Waals surface area contributed by atoms with Crippen molar-refractivity contribution in [1.82, 2.24) is 0 Å². The van der Waals surface area contributed by atoms with Gasteiger partial charge < -0.3 is 4.74 Å². The molecule has 2 aliphatic carbocycles. The summed E-state index contributed by atoms with van der Waals surface area (Å²) in [6, 6.07) is 0. The number of rotatable bonds is 5. The molecule has 2 rings (SSSR count). The van der Waals surface area contributed by atoms with Crippen LogP contribution in [0.3, 0.4) is 0 Å². The lowest BCUT2D eigenvalue weighted by atomic mass is 9.70. The van der Waals surface area contributed by atoms with E-state index in [0.717, 1.165) is 12.3 Å². The Kier molecular flexibility index (Phi) is 3.76. The van der Waals surface area contributed by atoms with Crippen LogP contribution in [0.25, 0.3) is 0 Å². The van der Waals surface area contributed by atoms with Gasteiger partial charge in [-0.15, -0.1) is 0 Å². The second-order valence-corrected chi connectivity index (χ2v) is 9.46. The van der Waals surface area contributed by atoms with E-state index in [9.17, 15) is 8.42 Å². The standard InChI is InChI=1S/C13H23ClO3S/c1-12(2)10-5-6-13(12,3)11(9-10)17-7-4-8-18(14,15)16/h10-11H,4-9H2,1-3H3. The molecule has 0 aromatic carbocycles. The molecule has 0 spiro atoms. The van der Waals surface area contributed by atoms with Crippen LogP contribution in [-0.4, -0.2) is 26.9 Å². The fourth-order valence-electron chi connectivity index (χ4n) is 3.84. The van der Waals surface area contributed by atoms with Crippen LogP contribution in [0.4, 0.5) is 0 Å². The Hall–Kier alpha value is 0.200. The summed E-state index contributed by atoms with van der Waals surface area (Å²) in [5.41, 5.74) is 0.591. The van der Waals surface area contributed by atoms with Crippen molar-refractivity contribution < 1.29 is 13.2 Å². The first kappa shape index (κ1) is 14.6. The molecule has 0 N–H and O–H groups in total. The molecule has 3 atom stereocenters. The van der Waals surface area contributed by atoms with Gasteiger partial charge in [0.2, 0.25) is 9.05 Å². The van der Waals surface area contributed by atoms with E-state index in [2.05, 4.69) is 20.8 Å². The lowest BCUT2D eigenvalue weighted by molar-refractivity contribution is -0.0459. The molecule has 0 radical (unpaired) electrons. The third kappa shape index (κ3) is 2.44. The SMILES string of the molecule is CC1(C)C2CCC1(C)C(OCCCS(=O)(=O)Cl)C2. The van der Waals surface area contributed by atoms with E-state index in [-0.39, 0.29) is 17.3 Å². The van der Waals surface area contributed by atoms with E-state index in [4.69, 9.17) is 15.4 Å². The molecule has 2 bridgehead atoms. The second kappa shape index (κ2) is 4.64. The largest absolute Gasteiger partial charge is 0.378 e. The Morgan fingerprint density at radius 2 is 2.00 bits per heavy atom. The van der Waals surface area contributed by atoms with Gasteiger partial charge in [-0.05, 0) is 42.4 Å². The molecule has 2 fully saturated rings. The number of halogens is 1. The van der Waals surface area contributed by atoms with Gasteiger partial charge in [0.25, 0.3) is 0 Å². The maximum Gasteiger partial charge on any atom is 0.232 e. The smallest absolute Gasteiger partial charge is 0.232 e. The van der Waals surface area contributed by atoms with E-state index in [1.54, 1.807) is 0 Å². The fourth-order valence-corrected chi connectivity index (χ4v) is 4.63. The van der Waals surface area contributed by atoms with Gasteiger partial charge in [0.15, 0.2) is 0 Å². The Balaban J connectivity index is 1.86. The molecule has 0 saturated heterocycles. The van der Waals surface area contributed by atoms with Gasteiger partial charge in [0, 0.05) is 17.3 Å². The summed E-state index contributed by atoms with van der Waals surface area (Å²) in [5.74, 6) is 0.759. The highest BCUT2D eigenvalue weighted by molar-refractivity contribution is 8.13. The molecule has 2 saturated carbocycles. The fraction of sp³-hybridized carbons (Fsp3) is 1.00. The highest BCUT2D eigenvalue weighted by Crippen LogP contribution is 2.66. The Bertz CT molecular complexity index is 418. The van der Waals surface area contributed by atoms with Gasteiger partial charge in [-0.25, -0.2) is 8.42 Å². The molecule has 3 nitrogen and oxygen atoms in total. The highest BCUT2D eigenvalue weighted by atomic mass is 35.7. The summed E-state index contributed by atoms with van der Waals surface area (Å²) >= 11 is 0. The molecular formula is C13H23ClO3S. The highest BCUT2D eigenvalue weighted by Gasteiger charge is 2.61. The van der Waals surface area contributed by atoms with Crippen molar-refractivity contribution in [2.45, 2.75) is 52.6 Å². The van der Waals surface area contributed by atoms with Gasteiger partial charge in [-0.2, -0.15) is 0 Å². The monoisotopic (exact) mass is 294 g/mol. The number of hydrogen-bond donors (Lipinski definition) is 0. The van der Waals surface area contributed by atoms with Crippen LogP contribution in [0.1, 0.15) is 46.5 Å². The molecule has 0 heterocycles. The van der Waals surface area contributed by atoms with Gasteiger partial charge in [-0.3, -0.25) is 0 Å². The Labute approximate surface area is 115 Å². The van der Waals surface area contributed by atoms with Crippen molar-refractivity contribution in [2.24, 2.45) is 16.7 Å². The first-order valence-corrected chi connectivity index (χ1v) is 9.18. The quantitative estimate of drug-likeness (QED) is 0.578. The minimum absolute atomic E-state index is 0.00477. The minimum atomic E-state index is -3.38. The van der Waals surface area contributed by atoms with Crippen molar-refractivity contribution in [2.75, 3.05) is 12.4 Å². The Morgan fingerprint density at radius 3 is 2.44 bits per heavy atom. The van der Waals surface area contributed by atoms with Crippen LogP contribution in [0.5, 0.6) is 0 Å². The summed E-state index contributed by atoms with van der Waals surface area (Å²) in [7, 11) is 1.80. The van der Waals surface area contributed by atoms with Crippen molar-refractivity contribution in [3.63, 3.8) is 0 Å². The van der Waals surface area contributed by atoms with E-state index in [1.807, 2.05) is 0 Å². The zero-order valence-electron chi connectivity index (χ0n) is 11.4. The van der Waals surface area contributed by atoms with Crippen LogP contribution in [-0.2, 0) is 13.8 Å². The molecule has 0 aliphatic heterocycles. The molecule has 5 heteroatoms. The predicted molar refractivity (Wildman–Crippen MR) is 73.2 cm³/mol. The number of fused-ring (bicyclic) bond motifs is 2. The van der Waals surface area contributed by atoms with E-state index < -0.39 is 9.05 Å². The first-order valence-electron chi connectivity index (χ1n) is 6.71. The lowest BCUT2D eigenvalue weighted by Gasteiger charge is -2.38. The zero-order valence-corrected chi connectivity index (χ0v) is 13.0. The van der Waals surface area contributed by atoms with Crippen LogP contribution in [0.15, 0.2) is 0 Å². The summed E-state index contributed by atoms with van der Waals surface area (Å²) in [5, 5.41) is 0. The maximum atomic E-state index is 10.8. The molecule has 106 valence electrons. The van der Waals surface area contributed by atoms with Crippen LogP contribution in [0.2, 0.25) is 0 Å². The van der Waals surface area contributed by atoms with Gasteiger partial charge in [0.05, 0.1) is 11.9 Å². The molecule has 3 unspecified atom stereocenters. The van der Waals surface area contributed by atoms with Gasteiger partial charge in [0.1, 0.15) is 0 Å². The summed E-state index contributed by atoms with van der Waals surface area (Å²) in [6.45, 7) is 7.51. The van der Waals surface area contributed by atoms with Gasteiger partial charge >= 0.3 is 0 Å². The van der Waals surface area contributed by atoms with Crippen LogP contribution < -0.4 is 0 Å². The molecular weight excluding hydrogens is 272 g/mol. The second-order valence-electron chi connectivity index (χ2n) is 6.57. The average Bonchev–Trinajstić information content (AvgIpc) is 2.55. The van der Waals surface area contributed by atoms with Gasteiger partial charge in [-0.1, -0.05) is 20.8 Å². The normalized spacial score (nSPS) is 38.2. The maximum absolute atomic E-state index is 10.8.